The predicted octanol–water partition coefficient (Wildman–Crippen LogP) is 4.45. The zero-order chi connectivity index (χ0) is 18.0. The van der Waals surface area contributed by atoms with E-state index in [0.29, 0.717) is 5.56 Å². The lowest BCUT2D eigenvalue weighted by atomic mass is 9.87. The Hall–Kier alpha value is -3.01. The summed E-state index contributed by atoms with van der Waals surface area (Å²) >= 11 is 0. The molecule has 0 aliphatic heterocycles. The highest BCUT2D eigenvalue weighted by Gasteiger charge is 2.17. The third-order valence-corrected chi connectivity index (χ3v) is 4.48. The number of hydrogen-bond donors (Lipinski definition) is 1. The number of rotatable bonds is 4. The second-order valence-electron chi connectivity index (χ2n) is 6.13. The molecule has 3 nitrogen and oxygen atoms in total. The van der Waals surface area contributed by atoms with Gasteiger partial charge in [0.2, 0.25) is 5.91 Å². The maximum atomic E-state index is 13.2. The maximum Gasteiger partial charge on any atom is 0.248 e. The first-order chi connectivity index (χ1) is 12.0. The van der Waals surface area contributed by atoms with Crippen LogP contribution >= 0.6 is 0 Å². The fourth-order valence-corrected chi connectivity index (χ4v) is 3.04. The van der Waals surface area contributed by atoms with E-state index in [1.807, 2.05) is 32.0 Å². The van der Waals surface area contributed by atoms with Crippen molar-refractivity contribution in [2.75, 3.05) is 0 Å². The number of aromatic nitrogens is 1. The molecule has 4 heteroatoms. The minimum atomic E-state index is -0.470. The van der Waals surface area contributed by atoms with Gasteiger partial charge in [-0.3, -0.25) is 9.78 Å². The van der Waals surface area contributed by atoms with Crippen LogP contribution in [0, 0.1) is 12.7 Å². The molecule has 0 spiro atoms. The lowest BCUT2D eigenvalue weighted by molar-refractivity contribution is 0.0999. The molecule has 2 aromatic carbocycles. The van der Waals surface area contributed by atoms with E-state index in [1.165, 1.54) is 12.1 Å². The number of primary amides is 1. The number of nitrogens with zero attached hydrogens (tertiary/aromatic N) is 1. The molecule has 3 rings (SSSR count). The molecule has 25 heavy (non-hydrogen) atoms. The quantitative estimate of drug-likeness (QED) is 0.766. The average Bonchev–Trinajstić information content (AvgIpc) is 2.61. The number of pyridine rings is 1. The topological polar surface area (TPSA) is 56.0 Å². The highest BCUT2D eigenvalue weighted by atomic mass is 19.1. The van der Waals surface area contributed by atoms with E-state index >= 15 is 0 Å². The van der Waals surface area contributed by atoms with E-state index in [4.69, 9.17) is 5.73 Å². The van der Waals surface area contributed by atoms with Gasteiger partial charge in [-0.25, -0.2) is 4.39 Å². The van der Waals surface area contributed by atoms with Crippen LogP contribution in [0.15, 0.2) is 60.9 Å². The molecule has 1 amide bonds. The Morgan fingerprint density at radius 3 is 2.48 bits per heavy atom. The van der Waals surface area contributed by atoms with Gasteiger partial charge in [-0.05, 0) is 65.1 Å². The van der Waals surface area contributed by atoms with Crippen molar-refractivity contribution in [3.63, 3.8) is 0 Å². The van der Waals surface area contributed by atoms with E-state index in [1.54, 1.807) is 30.6 Å². The van der Waals surface area contributed by atoms with Gasteiger partial charge >= 0.3 is 0 Å². The number of aryl methyl sites for hydroxylation is 1. The van der Waals surface area contributed by atoms with Crippen molar-refractivity contribution in [2.24, 2.45) is 5.73 Å². The van der Waals surface area contributed by atoms with Crippen molar-refractivity contribution < 1.29 is 9.18 Å². The Bertz CT molecular complexity index is 919. The summed E-state index contributed by atoms with van der Waals surface area (Å²) in [6, 6.07) is 13.9. The van der Waals surface area contributed by atoms with Gasteiger partial charge in [0.25, 0.3) is 0 Å². The summed E-state index contributed by atoms with van der Waals surface area (Å²) in [6.07, 6.45) is 3.55. The number of carbonyl (C=O) groups is 1. The Morgan fingerprint density at radius 1 is 1.12 bits per heavy atom. The zero-order valence-corrected chi connectivity index (χ0v) is 14.2. The van der Waals surface area contributed by atoms with Crippen molar-refractivity contribution in [3.8, 4) is 11.1 Å². The van der Waals surface area contributed by atoms with E-state index < -0.39 is 5.91 Å². The molecule has 2 N–H and O–H groups in total. The molecule has 0 unspecified atom stereocenters. The van der Waals surface area contributed by atoms with E-state index in [2.05, 4.69) is 4.98 Å². The van der Waals surface area contributed by atoms with Crippen LogP contribution in [-0.4, -0.2) is 10.9 Å². The Morgan fingerprint density at radius 2 is 1.84 bits per heavy atom. The minimum Gasteiger partial charge on any atom is -0.366 e. The van der Waals surface area contributed by atoms with Crippen LogP contribution in [0.25, 0.3) is 11.1 Å². The van der Waals surface area contributed by atoms with Gasteiger partial charge in [-0.1, -0.05) is 25.1 Å². The maximum absolute atomic E-state index is 13.2. The fourth-order valence-electron chi connectivity index (χ4n) is 3.04. The highest BCUT2D eigenvalue weighted by Crippen LogP contribution is 2.32. The molecule has 0 bridgehead atoms. The molecule has 0 aliphatic carbocycles. The number of benzene rings is 2. The molecule has 1 heterocycles. The summed E-state index contributed by atoms with van der Waals surface area (Å²) < 4.78 is 13.2. The lowest BCUT2D eigenvalue weighted by Gasteiger charge is -2.18. The summed E-state index contributed by atoms with van der Waals surface area (Å²) in [7, 11) is 0. The minimum absolute atomic E-state index is 0.0924. The van der Waals surface area contributed by atoms with Crippen LogP contribution < -0.4 is 5.73 Å². The largest absolute Gasteiger partial charge is 0.366 e. The monoisotopic (exact) mass is 334 g/mol. The van der Waals surface area contributed by atoms with Gasteiger partial charge in [0, 0.05) is 23.9 Å². The SMILES string of the molecule is Cc1cnccc1-c1ccc(C(N)=O)c([C@H](C)c2ccc(F)cc2)c1. The molecule has 1 atom stereocenters. The van der Waals surface area contributed by atoms with Gasteiger partial charge in [0.05, 0.1) is 0 Å². The van der Waals surface area contributed by atoms with Gasteiger partial charge in [-0.2, -0.15) is 0 Å². The van der Waals surface area contributed by atoms with Crippen molar-refractivity contribution in [2.45, 2.75) is 19.8 Å². The van der Waals surface area contributed by atoms with Crippen molar-refractivity contribution in [1.82, 2.24) is 4.98 Å². The second-order valence-corrected chi connectivity index (χ2v) is 6.13. The number of carbonyl (C=O) groups excluding carboxylic acids is 1. The molecule has 3 aromatic rings. The molecular formula is C21H19FN2O. The molecule has 0 fully saturated rings. The van der Waals surface area contributed by atoms with E-state index in [9.17, 15) is 9.18 Å². The first-order valence-corrected chi connectivity index (χ1v) is 8.07. The molecule has 1 aromatic heterocycles. The van der Waals surface area contributed by atoms with Crippen LogP contribution in [0.2, 0.25) is 0 Å². The first-order valence-electron chi connectivity index (χ1n) is 8.07. The van der Waals surface area contributed by atoms with Crippen LogP contribution in [0.3, 0.4) is 0 Å². The Balaban J connectivity index is 2.12. The number of halogens is 1. The van der Waals surface area contributed by atoms with Crippen molar-refractivity contribution in [1.29, 1.82) is 0 Å². The second kappa shape index (κ2) is 6.85. The normalized spacial score (nSPS) is 12.0. The first kappa shape index (κ1) is 16.8. The third-order valence-electron chi connectivity index (χ3n) is 4.48. The Labute approximate surface area is 146 Å². The Kier molecular flexibility index (Phi) is 4.61. The van der Waals surface area contributed by atoms with E-state index in [-0.39, 0.29) is 11.7 Å². The summed E-state index contributed by atoms with van der Waals surface area (Å²) in [5.74, 6) is -0.848. The number of nitrogens with two attached hydrogens (primary N) is 1. The molecular weight excluding hydrogens is 315 g/mol. The molecule has 0 aliphatic rings. The molecule has 0 radical (unpaired) electrons. The summed E-state index contributed by atoms with van der Waals surface area (Å²) in [5, 5.41) is 0. The zero-order valence-electron chi connectivity index (χ0n) is 14.2. The van der Waals surface area contributed by atoms with Crippen LogP contribution in [0.1, 0.15) is 39.9 Å². The smallest absolute Gasteiger partial charge is 0.248 e. The number of amides is 1. The van der Waals surface area contributed by atoms with Gasteiger partial charge in [0.15, 0.2) is 0 Å². The average molecular weight is 334 g/mol. The van der Waals surface area contributed by atoms with Crippen molar-refractivity contribution >= 4 is 5.91 Å². The van der Waals surface area contributed by atoms with Gasteiger partial charge < -0.3 is 5.73 Å². The van der Waals surface area contributed by atoms with Crippen molar-refractivity contribution in [3.05, 3.63) is 89.0 Å². The summed E-state index contributed by atoms with van der Waals surface area (Å²) in [4.78, 5) is 16.0. The molecule has 126 valence electrons. The third kappa shape index (κ3) is 3.43. The van der Waals surface area contributed by atoms with Crippen LogP contribution in [-0.2, 0) is 0 Å². The van der Waals surface area contributed by atoms with Gasteiger partial charge in [0.1, 0.15) is 5.82 Å². The predicted molar refractivity (Wildman–Crippen MR) is 96.8 cm³/mol. The number of hydrogen-bond acceptors (Lipinski definition) is 2. The summed E-state index contributed by atoms with van der Waals surface area (Å²) in [6.45, 7) is 3.98. The molecule has 0 saturated carbocycles. The standard InChI is InChI=1S/C21H19FN2O/c1-13-12-24-10-9-18(13)16-5-8-19(21(23)25)20(11-16)14(2)15-3-6-17(22)7-4-15/h3-12,14H,1-2H3,(H2,23,25)/t14-/m1/s1. The lowest BCUT2D eigenvalue weighted by Crippen LogP contribution is -2.15. The fraction of sp³-hybridized carbons (Fsp3) is 0.143. The van der Waals surface area contributed by atoms with Crippen LogP contribution in [0.4, 0.5) is 4.39 Å². The molecule has 0 saturated heterocycles. The van der Waals surface area contributed by atoms with Gasteiger partial charge in [-0.15, -0.1) is 0 Å². The van der Waals surface area contributed by atoms with Crippen LogP contribution in [0.5, 0.6) is 0 Å². The highest BCUT2D eigenvalue weighted by molar-refractivity contribution is 5.95. The summed E-state index contributed by atoms with van der Waals surface area (Å²) in [5.41, 5.74) is 10.9. The van der Waals surface area contributed by atoms with E-state index in [0.717, 1.165) is 27.8 Å².